The van der Waals surface area contributed by atoms with E-state index in [0.29, 0.717) is 0 Å². The molecular formula is C22H25FN2O. The van der Waals surface area contributed by atoms with Gasteiger partial charge in [-0.25, -0.2) is 4.39 Å². The van der Waals surface area contributed by atoms with Gasteiger partial charge < -0.3 is 10.6 Å². The zero-order valence-electron chi connectivity index (χ0n) is 14.9. The monoisotopic (exact) mass is 352 g/mol. The van der Waals surface area contributed by atoms with Gasteiger partial charge in [0, 0.05) is 25.0 Å². The van der Waals surface area contributed by atoms with Crippen LogP contribution in [0.5, 0.6) is 0 Å². The maximum absolute atomic E-state index is 13.2. The highest BCUT2D eigenvalue weighted by Crippen LogP contribution is 2.51. The van der Waals surface area contributed by atoms with Crippen LogP contribution in [-0.4, -0.2) is 29.9 Å². The minimum Gasteiger partial charge on any atom is -0.342 e. The first-order valence-electron chi connectivity index (χ1n) is 9.52. The van der Waals surface area contributed by atoms with Gasteiger partial charge in [0.15, 0.2) is 0 Å². The molecule has 0 radical (unpaired) electrons. The van der Waals surface area contributed by atoms with Crippen molar-refractivity contribution in [3.8, 4) is 11.1 Å². The summed E-state index contributed by atoms with van der Waals surface area (Å²) in [6, 6.07) is 15.0. The Morgan fingerprint density at radius 3 is 2.62 bits per heavy atom. The fraction of sp³-hybridized carbons (Fsp3) is 0.409. The molecule has 1 amide bonds. The fourth-order valence-electron chi connectivity index (χ4n) is 4.10. The lowest BCUT2D eigenvalue weighted by Gasteiger charge is -2.21. The Bertz CT molecular complexity index is 789. The van der Waals surface area contributed by atoms with Crippen LogP contribution in [0, 0.1) is 11.7 Å². The number of likely N-dealkylation sites (tertiary alicyclic amines) is 1. The second kappa shape index (κ2) is 7.20. The van der Waals surface area contributed by atoms with E-state index in [2.05, 4.69) is 12.1 Å². The first-order valence-corrected chi connectivity index (χ1v) is 9.52. The quantitative estimate of drug-likeness (QED) is 0.909. The number of nitrogens with zero attached hydrogens (tertiary/aromatic N) is 1. The second-order valence-electron chi connectivity index (χ2n) is 7.56. The number of amides is 1. The molecule has 3 nitrogen and oxygen atoms in total. The molecule has 1 heterocycles. The van der Waals surface area contributed by atoms with Crippen molar-refractivity contribution in [3.63, 3.8) is 0 Å². The van der Waals surface area contributed by atoms with E-state index in [1.807, 2.05) is 29.2 Å². The SMILES string of the molecule is NC1CCCN(C(=O)C2CC2c2ccccc2-c2ccc(F)cc2)CC1. The van der Waals surface area contributed by atoms with Crippen molar-refractivity contribution in [2.45, 2.75) is 37.6 Å². The maximum atomic E-state index is 13.2. The van der Waals surface area contributed by atoms with Crippen LogP contribution in [0.25, 0.3) is 11.1 Å². The Hall–Kier alpha value is -2.20. The van der Waals surface area contributed by atoms with Crippen molar-refractivity contribution < 1.29 is 9.18 Å². The highest BCUT2D eigenvalue weighted by Gasteiger charge is 2.46. The van der Waals surface area contributed by atoms with E-state index in [1.165, 1.54) is 17.7 Å². The Labute approximate surface area is 154 Å². The number of rotatable bonds is 3. The van der Waals surface area contributed by atoms with Crippen LogP contribution < -0.4 is 5.73 Å². The zero-order chi connectivity index (χ0) is 18.1. The molecule has 4 heteroatoms. The van der Waals surface area contributed by atoms with E-state index in [-0.39, 0.29) is 29.6 Å². The molecule has 26 heavy (non-hydrogen) atoms. The van der Waals surface area contributed by atoms with Crippen molar-refractivity contribution in [1.82, 2.24) is 4.90 Å². The van der Waals surface area contributed by atoms with E-state index in [9.17, 15) is 9.18 Å². The topological polar surface area (TPSA) is 46.3 Å². The molecule has 3 unspecified atom stereocenters. The van der Waals surface area contributed by atoms with Crippen LogP contribution in [0.4, 0.5) is 4.39 Å². The smallest absolute Gasteiger partial charge is 0.226 e. The first-order chi connectivity index (χ1) is 12.6. The number of hydrogen-bond acceptors (Lipinski definition) is 2. The molecule has 3 atom stereocenters. The van der Waals surface area contributed by atoms with Crippen LogP contribution in [0.15, 0.2) is 48.5 Å². The summed E-state index contributed by atoms with van der Waals surface area (Å²) in [7, 11) is 0. The Balaban J connectivity index is 1.51. The number of hydrogen-bond donors (Lipinski definition) is 1. The molecule has 1 saturated heterocycles. The minimum atomic E-state index is -0.231. The fourth-order valence-corrected chi connectivity index (χ4v) is 4.10. The molecule has 1 aliphatic carbocycles. The molecule has 2 N–H and O–H groups in total. The van der Waals surface area contributed by atoms with Gasteiger partial charge in [-0.1, -0.05) is 36.4 Å². The number of benzene rings is 2. The van der Waals surface area contributed by atoms with Gasteiger partial charge >= 0.3 is 0 Å². The molecule has 0 aromatic heterocycles. The van der Waals surface area contributed by atoms with Gasteiger partial charge in [0.2, 0.25) is 5.91 Å². The Kier molecular flexibility index (Phi) is 4.77. The molecule has 2 aliphatic rings. The lowest BCUT2D eigenvalue weighted by Crippen LogP contribution is -2.34. The third-order valence-corrected chi connectivity index (χ3v) is 5.71. The third-order valence-electron chi connectivity index (χ3n) is 5.71. The molecule has 1 aliphatic heterocycles. The van der Waals surface area contributed by atoms with Crippen molar-refractivity contribution in [2.24, 2.45) is 11.7 Å². The summed E-state index contributed by atoms with van der Waals surface area (Å²) in [5.41, 5.74) is 9.34. The highest BCUT2D eigenvalue weighted by molar-refractivity contribution is 5.84. The average molecular weight is 352 g/mol. The number of nitrogens with two attached hydrogens (primary N) is 1. The van der Waals surface area contributed by atoms with Crippen LogP contribution in [-0.2, 0) is 4.79 Å². The van der Waals surface area contributed by atoms with Crippen molar-refractivity contribution in [2.75, 3.05) is 13.1 Å². The van der Waals surface area contributed by atoms with E-state index in [4.69, 9.17) is 5.73 Å². The van der Waals surface area contributed by atoms with Crippen LogP contribution in [0.3, 0.4) is 0 Å². The van der Waals surface area contributed by atoms with Gasteiger partial charge in [0.25, 0.3) is 0 Å². The molecule has 4 rings (SSSR count). The lowest BCUT2D eigenvalue weighted by molar-refractivity contribution is -0.132. The van der Waals surface area contributed by atoms with Gasteiger partial charge in [0.1, 0.15) is 5.82 Å². The minimum absolute atomic E-state index is 0.0749. The Morgan fingerprint density at radius 2 is 1.81 bits per heavy atom. The summed E-state index contributed by atoms with van der Waals surface area (Å²) in [6.45, 7) is 1.61. The predicted molar refractivity (Wildman–Crippen MR) is 101 cm³/mol. The Morgan fingerprint density at radius 1 is 1.04 bits per heavy atom. The molecular weight excluding hydrogens is 327 g/mol. The van der Waals surface area contributed by atoms with E-state index < -0.39 is 0 Å². The lowest BCUT2D eigenvalue weighted by atomic mass is 9.96. The van der Waals surface area contributed by atoms with Crippen LogP contribution >= 0.6 is 0 Å². The first kappa shape index (κ1) is 17.2. The number of carbonyl (C=O) groups excluding carboxylic acids is 1. The van der Waals surface area contributed by atoms with Gasteiger partial charge in [0.05, 0.1) is 0 Å². The predicted octanol–water partition coefficient (Wildman–Crippen LogP) is 3.94. The standard InChI is InChI=1S/C22H25FN2O/c23-16-9-7-15(8-10-16)18-5-1-2-6-19(18)20-14-21(20)22(26)25-12-3-4-17(24)11-13-25/h1-2,5-10,17,20-21H,3-4,11-14,24H2. The molecule has 1 saturated carbocycles. The maximum Gasteiger partial charge on any atom is 0.226 e. The van der Waals surface area contributed by atoms with Crippen molar-refractivity contribution >= 4 is 5.91 Å². The average Bonchev–Trinajstić information content (AvgIpc) is 3.47. The molecule has 2 aromatic carbocycles. The number of carbonyl (C=O) groups is 1. The molecule has 0 spiro atoms. The van der Waals surface area contributed by atoms with Gasteiger partial charge in [-0.15, -0.1) is 0 Å². The largest absolute Gasteiger partial charge is 0.342 e. The highest BCUT2D eigenvalue weighted by atomic mass is 19.1. The molecule has 136 valence electrons. The van der Waals surface area contributed by atoms with Gasteiger partial charge in [-0.05, 0) is 60.4 Å². The summed E-state index contributed by atoms with van der Waals surface area (Å²) in [6.07, 6.45) is 3.80. The van der Waals surface area contributed by atoms with E-state index in [1.54, 1.807) is 0 Å². The van der Waals surface area contributed by atoms with E-state index >= 15 is 0 Å². The van der Waals surface area contributed by atoms with Crippen molar-refractivity contribution in [1.29, 1.82) is 0 Å². The third kappa shape index (κ3) is 3.51. The van der Waals surface area contributed by atoms with Crippen LogP contribution in [0.1, 0.15) is 37.2 Å². The zero-order valence-corrected chi connectivity index (χ0v) is 14.9. The molecule has 2 fully saturated rings. The summed E-state index contributed by atoms with van der Waals surface area (Å²) in [4.78, 5) is 14.9. The summed E-state index contributed by atoms with van der Waals surface area (Å²) in [5.74, 6) is 0.384. The number of halogens is 1. The van der Waals surface area contributed by atoms with Gasteiger partial charge in [-0.2, -0.15) is 0 Å². The van der Waals surface area contributed by atoms with Crippen LogP contribution in [0.2, 0.25) is 0 Å². The normalized spacial score (nSPS) is 25.6. The second-order valence-corrected chi connectivity index (χ2v) is 7.56. The molecule has 2 aromatic rings. The van der Waals surface area contributed by atoms with E-state index in [0.717, 1.165) is 49.9 Å². The summed E-state index contributed by atoms with van der Waals surface area (Å²) >= 11 is 0. The summed E-state index contributed by atoms with van der Waals surface area (Å²) in [5, 5.41) is 0. The van der Waals surface area contributed by atoms with Crippen molar-refractivity contribution in [3.05, 3.63) is 59.9 Å². The molecule has 0 bridgehead atoms. The summed E-state index contributed by atoms with van der Waals surface area (Å²) < 4.78 is 13.2. The van der Waals surface area contributed by atoms with Gasteiger partial charge in [-0.3, -0.25) is 4.79 Å².